The normalized spacial score (nSPS) is 11.9. The van der Waals surface area contributed by atoms with Gasteiger partial charge < -0.3 is 15.4 Å². The van der Waals surface area contributed by atoms with E-state index in [0.717, 1.165) is 28.4 Å². The molecule has 0 saturated carbocycles. The van der Waals surface area contributed by atoms with Gasteiger partial charge in [0.05, 0.1) is 23.7 Å². The Balaban J connectivity index is 1.64. The second-order valence-corrected chi connectivity index (χ2v) is 7.36. The second kappa shape index (κ2) is 8.95. The fourth-order valence-corrected chi connectivity index (χ4v) is 3.67. The summed E-state index contributed by atoms with van der Waals surface area (Å²) in [6.45, 7) is 1.75. The van der Waals surface area contributed by atoms with E-state index in [1.54, 1.807) is 26.2 Å². The highest BCUT2D eigenvalue weighted by atomic mass is 32.1. The Bertz CT molecular complexity index is 1030. The first kappa shape index (κ1) is 20.7. The van der Waals surface area contributed by atoms with Gasteiger partial charge in [0.2, 0.25) is 11.8 Å². The van der Waals surface area contributed by atoms with E-state index < -0.39 is 29.5 Å². The summed E-state index contributed by atoms with van der Waals surface area (Å²) in [7, 11) is 1.57. The van der Waals surface area contributed by atoms with Crippen LogP contribution < -0.4 is 15.4 Å². The Kier molecular flexibility index (Phi) is 6.38. The summed E-state index contributed by atoms with van der Waals surface area (Å²) < 4.78 is 32.6. The van der Waals surface area contributed by atoms with Crippen molar-refractivity contribution in [3.8, 4) is 5.75 Å². The molecule has 1 unspecified atom stereocenters. The van der Waals surface area contributed by atoms with Gasteiger partial charge in [-0.05, 0) is 42.3 Å². The van der Waals surface area contributed by atoms with Gasteiger partial charge in [-0.3, -0.25) is 9.59 Å². The Morgan fingerprint density at radius 1 is 1.17 bits per heavy atom. The number of fused-ring (bicyclic) bond motifs is 1. The third-order valence-electron chi connectivity index (χ3n) is 4.17. The van der Waals surface area contributed by atoms with Crippen molar-refractivity contribution in [2.75, 3.05) is 12.4 Å². The molecule has 2 amide bonds. The van der Waals surface area contributed by atoms with Crippen LogP contribution in [0.1, 0.15) is 18.9 Å². The molecule has 0 saturated heterocycles. The lowest BCUT2D eigenvalue weighted by Gasteiger charge is -2.16. The monoisotopic (exact) mass is 419 g/mol. The third-order valence-corrected chi connectivity index (χ3v) is 5.11. The van der Waals surface area contributed by atoms with Crippen LogP contribution in [-0.2, 0) is 16.0 Å². The predicted octanol–water partition coefficient (Wildman–Crippen LogP) is 3.66. The summed E-state index contributed by atoms with van der Waals surface area (Å²) >= 11 is 1.29. The number of nitrogens with one attached hydrogen (secondary N) is 2. The Morgan fingerprint density at radius 2 is 1.90 bits per heavy atom. The van der Waals surface area contributed by atoms with Crippen LogP contribution in [0.5, 0.6) is 5.75 Å². The lowest BCUT2D eigenvalue weighted by molar-refractivity contribution is -0.126. The van der Waals surface area contributed by atoms with E-state index in [1.165, 1.54) is 11.3 Å². The van der Waals surface area contributed by atoms with Crippen molar-refractivity contribution in [2.24, 2.45) is 0 Å². The van der Waals surface area contributed by atoms with Crippen molar-refractivity contribution >= 4 is 38.5 Å². The number of methoxy groups -OCH3 is 1. The highest BCUT2D eigenvalue weighted by Crippen LogP contribution is 2.29. The molecule has 3 rings (SSSR count). The van der Waals surface area contributed by atoms with Gasteiger partial charge in [-0.1, -0.05) is 18.3 Å². The van der Waals surface area contributed by atoms with Gasteiger partial charge in [0.25, 0.3) is 0 Å². The van der Waals surface area contributed by atoms with Gasteiger partial charge in [0, 0.05) is 6.07 Å². The van der Waals surface area contributed by atoms with E-state index in [2.05, 4.69) is 15.6 Å². The van der Waals surface area contributed by atoms with Crippen LogP contribution in [0.2, 0.25) is 0 Å². The van der Waals surface area contributed by atoms with Gasteiger partial charge >= 0.3 is 0 Å². The quantitative estimate of drug-likeness (QED) is 0.613. The molecule has 2 N–H and O–H groups in total. The van der Waals surface area contributed by atoms with Crippen LogP contribution in [-0.4, -0.2) is 29.9 Å². The number of rotatable bonds is 7. The van der Waals surface area contributed by atoms with E-state index >= 15 is 0 Å². The van der Waals surface area contributed by atoms with Gasteiger partial charge in [-0.25, -0.2) is 13.8 Å². The molecule has 9 heteroatoms. The number of ether oxygens (including phenoxy) is 1. The lowest BCUT2D eigenvalue weighted by Crippen LogP contribution is -2.44. The molecule has 0 aliphatic carbocycles. The Labute approximate surface area is 169 Å². The summed E-state index contributed by atoms with van der Waals surface area (Å²) in [5.74, 6) is -1.76. The third kappa shape index (κ3) is 5.26. The molecule has 152 valence electrons. The number of amides is 2. The first-order valence-electron chi connectivity index (χ1n) is 8.87. The Morgan fingerprint density at radius 3 is 2.55 bits per heavy atom. The van der Waals surface area contributed by atoms with E-state index in [1.807, 2.05) is 6.07 Å². The molecule has 3 aromatic rings. The molecule has 6 nitrogen and oxygen atoms in total. The molecule has 0 fully saturated rings. The summed E-state index contributed by atoms with van der Waals surface area (Å²) in [5, 5.41) is 5.69. The number of aromatic nitrogens is 1. The zero-order chi connectivity index (χ0) is 21.0. The minimum absolute atomic E-state index is 0.190. The van der Waals surface area contributed by atoms with Crippen LogP contribution in [0.15, 0.2) is 36.4 Å². The van der Waals surface area contributed by atoms with Gasteiger partial charge in [-0.2, -0.15) is 0 Å². The maximum absolute atomic E-state index is 13.3. The largest absolute Gasteiger partial charge is 0.497 e. The minimum Gasteiger partial charge on any atom is -0.497 e. The fourth-order valence-electron chi connectivity index (χ4n) is 2.77. The highest BCUT2D eigenvalue weighted by molar-refractivity contribution is 7.22. The SMILES string of the molecule is CCC(NC(=O)Cc1cc(F)cc(F)c1)C(=O)Nc1nc2ccc(OC)cc2s1. The van der Waals surface area contributed by atoms with E-state index in [9.17, 15) is 18.4 Å². The molecular formula is C20H19F2N3O3S. The zero-order valence-corrected chi connectivity index (χ0v) is 16.6. The maximum atomic E-state index is 13.3. The molecular weight excluding hydrogens is 400 g/mol. The fraction of sp³-hybridized carbons (Fsp3) is 0.250. The number of thiazole rings is 1. The maximum Gasteiger partial charge on any atom is 0.248 e. The van der Waals surface area contributed by atoms with Crippen molar-refractivity contribution in [3.63, 3.8) is 0 Å². The number of carbonyl (C=O) groups is 2. The van der Waals surface area contributed by atoms with Crippen molar-refractivity contribution < 1.29 is 23.1 Å². The first-order chi connectivity index (χ1) is 13.9. The van der Waals surface area contributed by atoms with Crippen molar-refractivity contribution in [2.45, 2.75) is 25.8 Å². The lowest BCUT2D eigenvalue weighted by atomic mass is 10.1. The van der Waals surface area contributed by atoms with E-state index in [-0.39, 0.29) is 12.0 Å². The summed E-state index contributed by atoms with van der Waals surface area (Å²) in [6, 6.07) is 7.48. The topological polar surface area (TPSA) is 80.3 Å². The molecule has 2 aromatic carbocycles. The van der Waals surface area contributed by atoms with Gasteiger partial charge in [0.15, 0.2) is 5.13 Å². The van der Waals surface area contributed by atoms with Crippen molar-refractivity contribution in [3.05, 3.63) is 53.6 Å². The number of benzene rings is 2. The summed E-state index contributed by atoms with van der Waals surface area (Å²) in [6.07, 6.45) is 0.104. The number of carbonyl (C=O) groups excluding carboxylic acids is 2. The van der Waals surface area contributed by atoms with Crippen LogP contribution in [0.3, 0.4) is 0 Å². The number of anilines is 1. The summed E-state index contributed by atoms with van der Waals surface area (Å²) in [4.78, 5) is 29.1. The predicted molar refractivity (Wildman–Crippen MR) is 107 cm³/mol. The number of nitrogens with zero attached hydrogens (tertiary/aromatic N) is 1. The number of hydrogen-bond acceptors (Lipinski definition) is 5. The van der Waals surface area contributed by atoms with E-state index in [0.29, 0.717) is 17.3 Å². The molecule has 29 heavy (non-hydrogen) atoms. The standard InChI is InChI=1S/C20H19F2N3O3S/c1-3-15(23-18(26)8-11-6-12(21)9-13(22)7-11)19(27)25-20-24-16-5-4-14(28-2)10-17(16)29-20/h4-7,9-10,15H,3,8H2,1-2H3,(H,23,26)(H,24,25,27). The molecule has 1 atom stereocenters. The molecule has 0 spiro atoms. The average Bonchev–Trinajstić information content (AvgIpc) is 3.06. The summed E-state index contributed by atoms with van der Waals surface area (Å²) in [5.41, 5.74) is 0.909. The molecule has 0 aliphatic heterocycles. The smallest absolute Gasteiger partial charge is 0.248 e. The number of hydrogen-bond donors (Lipinski definition) is 2. The van der Waals surface area contributed by atoms with Crippen LogP contribution >= 0.6 is 11.3 Å². The zero-order valence-electron chi connectivity index (χ0n) is 15.8. The van der Waals surface area contributed by atoms with Crippen molar-refractivity contribution in [1.82, 2.24) is 10.3 Å². The molecule has 1 aromatic heterocycles. The molecule has 0 bridgehead atoms. The van der Waals surface area contributed by atoms with Gasteiger partial charge in [0.1, 0.15) is 23.4 Å². The second-order valence-electron chi connectivity index (χ2n) is 6.32. The Hall–Kier alpha value is -3.07. The average molecular weight is 419 g/mol. The number of halogens is 2. The minimum atomic E-state index is -0.803. The van der Waals surface area contributed by atoms with Crippen molar-refractivity contribution in [1.29, 1.82) is 0 Å². The van der Waals surface area contributed by atoms with Crippen LogP contribution in [0.25, 0.3) is 10.2 Å². The van der Waals surface area contributed by atoms with Gasteiger partial charge in [-0.15, -0.1) is 0 Å². The molecule has 0 radical (unpaired) electrons. The van der Waals surface area contributed by atoms with E-state index in [4.69, 9.17) is 4.74 Å². The molecule has 0 aliphatic rings. The highest BCUT2D eigenvalue weighted by Gasteiger charge is 2.20. The van der Waals surface area contributed by atoms with Crippen LogP contribution in [0.4, 0.5) is 13.9 Å². The van der Waals surface area contributed by atoms with Crippen LogP contribution in [0, 0.1) is 11.6 Å². The first-order valence-corrected chi connectivity index (χ1v) is 9.69. The molecule has 1 heterocycles.